The molecule has 1 aromatic carbocycles. The van der Waals surface area contributed by atoms with Crippen LogP contribution >= 0.6 is 0 Å². The maximum atomic E-state index is 9.96. The lowest BCUT2D eigenvalue weighted by molar-refractivity contribution is 0.0629. The van der Waals surface area contributed by atoms with Crippen LogP contribution in [0.3, 0.4) is 0 Å². The van der Waals surface area contributed by atoms with Gasteiger partial charge in [0.1, 0.15) is 5.75 Å². The third-order valence-electron chi connectivity index (χ3n) is 3.47. The molecule has 1 aromatic rings. The van der Waals surface area contributed by atoms with Gasteiger partial charge in [0.15, 0.2) is 0 Å². The van der Waals surface area contributed by atoms with Crippen LogP contribution in [0, 0.1) is 5.41 Å². The van der Waals surface area contributed by atoms with Gasteiger partial charge >= 0.3 is 0 Å². The van der Waals surface area contributed by atoms with E-state index in [9.17, 15) is 5.11 Å². The molecule has 0 aliphatic carbocycles. The highest BCUT2D eigenvalue weighted by Crippen LogP contribution is 2.20. The monoisotopic (exact) mass is 265 g/mol. The van der Waals surface area contributed by atoms with Crippen molar-refractivity contribution in [1.29, 1.82) is 0 Å². The van der Waals surface area contributed by atoms with Crippen molar-refractivity contribution < 1.29 is 9.84 Å². The van der Waals surface area contributed by atoms with Crippen LogP contribution in [0.2, 0.25) is 0 Å². The van der Waals surface area contributed by atoms with Crippen molar-refractivity contribution in [3.63, 3.8) is 0 Å². The summed E-state index contributed by atoms with van der Waals surface area (Å²) in [6, 6.07) is 8.14. The van der Waals surface area contributed by atoms with E-state index >= 15 is 0 Å². The average Bonchev–Trinajstić information content (AvgIpc) is 2.37. The summed E-state index contributed by atoms with van der Waals surface area (Å²) in [7, 11) is 1.67. The van der Waals surface area contributed by atoms with Gasteiger partial charge in [0.05, 0.1) is 13.2 Å². The molecule has 0 saturated heterocycles. The van der Waals surface area contributed by atoms with E-state index in [0.29, 0.717) is 12.5 Å². The molecule has 0 spiro atoms. The van der Waals surface area contributed by atoms with Gasteiger partial charge in [-0.3, -0.25) is 0 Å². The maximum absolute atomic E-state index is 9.96. The molecular weight excluding hydrogens is 238 g/mol. The highest BCUT2D eigenvalue weighted by molar-refractivity contribution is 5.29. The summed E-state index contributed by atoms with van der Waals surface area (Å²) >= 11 is 0. The van der Waals surface area contributed by atoms with Gasteiger partial charge in [-0.1, -0.05) is 39.8 Å². The Kier molecular flexibility index (Phi) is 5.83. The molecule has 0 fully saturated rings. The molecular formula is C16H27NO2. The van der Waals surface area contributed by atoms with Crippen LogP contribution in [0.1, 0.15) is 39.2 Å². The zero-order valence-corrected chi connectivity index (χ0v) is 12.7. The summed E-state index contributed by atoms with van der Waals surface area (Å²) in [5.41, 5.74) is 1.20. The molecule has 2 N–H and O–H groups in total. The Labute approximate surface area is 117 Å². The van der Waals surface area contributed by atoms with Gasteiger partial charge < -0.3 is 15.2 Å². The topological polar surface area (TPSA) is 41.5 Å². The number of benzene rings is 1. The van der Waals surface area contributed by atoms with Crippen molar-refractivity contribution in [2.45, 2.75) is 39.7 Å². The van der Waals surface area contributed by atoms with Gasteiger partial charge in [0.2, 0.25) is 0 Å². The standard InChI is InChI=1S/C16H27NO2/c1-12(10-17-11-15(18)16(2,3)4)13-6-8-14(19-5)9-7-13/h6-9,12,15,17-18H,10-11H2,1-5H3. The molecule has 0 bridgehead atoms. The quantitative estimate of drug-likeness (QED) is 0.831. The van der Waals surface area contributed by atoms with Crippen LogP contribution < -0.4 is 10.1 Å². The van der Waals surface area contributed by atoms with Crippen molar-refractivity contribution >= 4 is 0 Å². The molecule has 19 heavy (non-hydrogen) atoms. The number of methoxy groups -OCH3 is 1. The largest absolute Gasteiger partial charge is 0.497 e. The molecule has 0 saturated carbocycles. The van der Waals surface area contributed by atoms with E-state index in [0.717, 1.165) is 12.3 Å². The Hall–Kier alpha value is -1.06. The van der Waals surface area contributed by atoms with E-state index in [1.54, 1.807) is 7.11 Å². The molecule has 0 aliphatic heterocycles. The van der Waals surface area contributed by atoms with Crippen LogP contribution in [0.4, 0.5) is 0 Å². The van der Waals surface area contributed by atoms with Gasteiger partial charge in [-0.05, 0) is 29.0 Å². The summed E-state index contributed by atoms with van der Waals surface area (Å²) in [6.07, 6.45) is -0.324. The fraction of sp³-hybridized carbons (Fsp3) is 0.625. The van der Waals surface area contributed by atoms with Crippen molar-refractivity contribution in [1.82, 2.24) is 5.32 Å². The second-order valence-corrected chi connectivity index (χ2v) is 6.21. The predicted octanol–water partition coefficient (Wildman–Crippen LogP) is 2.80. The van der Waals surface area contributed by atoms with E-state index in [-0.39, 0.29) is 11.5 Å². The van der Waals surface area contributed by atoms with Crippen LogP contribution in [-0.2, 0) is 0 Å². The SMILES string of the molecule is COc1ccc(C(C)CNCC(O)C(C)(C)C)cc1. The van der Waals surface area contributed by atoms with Crippen LogP contribution in [0.25, 0.3) is 0 Å². The molecule has 0 amide bonds. The van der Waals surface area contributed by atoms with Crippen molar-refractivity contribution in [2.24, 2.45) is 5.41 Å². The van der Waals surface area contributed by atoms with Crippen molar-refractivity contribution in [3.05, 3.63) is 29.8 Å². The molecule has 2 unspecified atom stereocenters. The summed E-state index contributed by atoms with van der Waals surface area (Å²) in [5.74, 6) is 1.30. The Bertz CT molecular complexity index is 367. The maximum Gasteiger partial charge on any atom is 0.118 e. The third kappa shape index (κ3) is 5.21. The Morgan fingerprint density at radius 2 is 1.74 bits per heavy atom. The Morgan fingerprint density at radius 3 is 2.21 bits per heavy atom. The lowest BCUT2D eigenvalue weighted by Crippen LogP contribution is -2.37. The molecule has 0 heterocycles. The lowest BCUT2D eigenvalue weighted by atomic mass is 9.89. The van der Waals surface area contributed by atoms with Crippen molar-refractivity contribution in [2.75, 3.05) is 20.2 Å². The van der Waals surface area contributed by atoms with Gasteiger partial charge in [0, 0.05) is 13.1 Å². The van der Waals surface area contributed by atoms with Crippen LogP contribution in [0.5, 0.6) is 5.75 Å². The minimum Gasteiger partial charge on any atom is -0.497 e. The summed E-state index contributed by atoms with van der Waals surface area (Å²) in [4.78, 5) is 0. The minimum absolute atomic E-state index is 0.0731. The van der Waals surface area contributed by atoms with E-state index in [2.05, 4.69) is 24.4 Å². The minimum atomic E-state index is -0.324. The predicted molar refractivity (Wildman–Crippen MR) is 79.7 cm³/mol. The second-order valence-electron chi connectivity index (χ2n) is 6.21. The highest BCUT2D eigenvalue weighted by Gasteiger charge is 2.21. The fourth-order valence-corrected chi connectivity index (χ4v) is 1.79. The molecule has 0 aliphatic rings. The molecule has 0 aromatic heterocycles. The van der Waals surface area contributed by atoms with Crippen molar-refractivity contribution in [3.8, 4) is 5.75 Å². The zero-order valence-electron chi connectivity index (χ0n) is 12.7. The summed E-state index contributed by atoms with van der Waals surface area (Å²) < 4.78 is 5.15. The number of nitrogens with one attached hydrogen (secondary N) is 1. The van der Waals surface area contributed by atoms with Gasteiger partial charge in [-0.2, -0.15) is 0 Å². The molecule has 3 heteroatoms. The Balaban J connectivity index is 2.40. The number of ether oxygens (including phenoxy) is 1. The number of hydrogen-bond donors (Lipinski definition) is 2. The Morgan fingerprint density at radius 1 is 1.16 bits per heavy atom. The van der Waals surface area contributed by atoms with E-state index in [1.807, 2.05) is 32.9 Å². The second kappa shape index (κ2) is 6.92. The lowest BCUT2D eigenvalue weighted by Gasteiger charge is -2.26. The first-order valence-electron chi connectivity index (χ1n) is 6.87. The van der Waals surface area contributed by atoms with E-state index in [4.69, 9.17) is 4.74 Å². The van der Waals surface area contributed by atoms with Gasteiger partial charge in [-0.15, -0.1) is 0 Å². The number of rotatable bonds is 6. The molecule has 2 atom stereocenters. The zero-order chi connectivity index (χ0) is 14.5. The summed E-state index contributed by atoms with van der Waals surface area (Å²) in [5, 5.41) is 13.3. The van der Waals surface area contributed by atoms with Crippen LogP contribution in [0.15, 0.2) is 24.3 Å². The number of aliphatic hydroxyl groups is 1. The van der Waals surface area contributed by atoms with Gasteiger partial charge in [0.25, 0.3) is 0 Å². The van der Waals surface area contributed by atoms with Crippen LogP contribution in [-0.4, -0.2) is 31.4 Å². The fourth-order valence-electron chi connectivity index (χ4n) is 1.79. The van der Waals surface area contributed by atoms with E-state index in [1.165, 1.54) is 5.56 Å². The number of hydrogen-bond acceptors (Lipinski definition) is 3. The third-order valence-corrected chi connectivity index (χ3v) is 3.47. The molecule has 0 radical (unpaired) electrons. The first kappa shape index (κ1) is 16.0. The molecule has 108 valence electrons. The van der Waals surface area contributed by atoms with Gasteiger partial charge in [-0.25, -0.2) is 0 Å². The number of aliphatic hydroxyl groups excluding tert-OH is 1. The molecule has 1 rings (SSSR count). The summed E-state index contributed by atoms with van der Waals surface area (Å²) in [6.45, 7) is 9.81. The smallest absolute Gasteiger partial charge is 0.118 e. The van der Waals surface area contributed by atoms with E-state index < -0.39 is 0 Å². The first-order chi connectivity index (χ1) is 8.84. The first-order valence-corrected chi connectivity index (χ1v) is 6.87. The molecule has 3 nitrogen and oxygen atoms in total. The highest BCUT2D eigenvalue weighted by atomic mass is 16.5. The normalized spacial score (nSPS) is 15.1. The average molecular weight is 265 g/mol.